The minimum atomic E-state index is -1.23. The number of hydrogen-bond acceptors (Lipinski definition) is 4. The van der Waals surface area contributed by atoms with Crippen LogP contribution >= 0.6 is 0 Å². The molecule has 1 unspecified atom stereocenters. The summed E-state index contributed by atoms with van der Waals surface area (Å²) in [6.45, 7) is 3.27. The third-order valence-electron chi connectivity index (χ3n) is 2.03. The van der Waals surface area contributed by atoms with Crippen LogP contribution in [-0.2, 0) is 29.7 Å². The van der Waals surface area contributed by atoms with Gasteiger partial charge in [0, 0.05) is 18.6 Å². The number of aliphatic hydroxyl groups is 3. The molecule has 92 valence electrons. The van der Waals surface area contributed by atoms with Crippen molar-refractivity contribution in [2.75, 3.05) is 19.8 Å². The molecule has 0 radical (unpaired) electrons. The van der Waals surface area contributed by atoms with Crippen LogP contribution in [0.15, 0.2) is 0 Å². The molecule has 0 aliphatic heterocycles. The molecule has 0 saturated carbocycles. The number of hydrogen-bond donors (Lipinski definition) is 4. The quantitative estimate of drug-likeness (QED) is 0.360. The molecule has 6 nitrogen and oxygen atoms in total. The van der Waals surface area contributed by atoms with E-state index in [1.54, 1.807) is 13.8 Å². The van der Waals surface area contributed by atoms with Crippen molar-refractivity contribution in [3.63, 3.8) is 0 Å². The monoisotopic (exact) mass is 285 g/mol. The second kappa shape index (κ2) is 10.1. The number of amides is 1. The maximum atomic E-state index is 11.3. The smallest absolute Gasteiger partial charge is 2.00 e. The van der Waals surface area contributed by atoms with E-state index in [1.807, 2.05) is 0 Å². The van der Waals surface area contributed by atoms with Crippen LogP contribution in [0.4, 0.5) is 0 Å². The van der Waals surface area contributed by atoms with Gasteiger partial charge in [-0.3, -0.25) is 4.79 Å². The van der Waals surface area contributed by atoms with Crippen molar-refractivity contribution in [3.05, 3.63) is 0 Å². The summed E-state index contributed by atoms with van der Waals surface area (Å²) < 4.78 is 0. The summed E-state index contributed by atoms with van der Waals surface area (Å²) >= 11 is 0. The Morgan fingerprint density at radius 2 is 1.88 bits per heavy atom. The standard InChI is InChI=1S/C9H19NO4.O.Zn/c1-9(2,6-12)7(13)8(14)10-4-3-5-11;;/h7,11-13H,3-6H2,1-2H3,(H,10,14);;/q;-2;+2. The molecule has 0 bridgehead atoms. The zero-order chi connectivity index (χ0) is 11.2. The van der Waals surface area contributed by atoms with Gasteiger partial charge in [0.05, 0.1) is 6.61 Å². The number of nitrogens with one attached hydrogen (secondary N) is 1. The summed E-state index contributed by atoms with van der Waals surface area (Å²) in [4.78, 5) is 11.3. The fraction of sp³-hybridized carbons (Fsp3) is 0.889. The Labute approximate surface area is 108 Å². The van der Waals surface area contributed by atoms with E-state index in [4.69, 9.17) is 10.2 Å². The van der Waals surface area contributed by atoms with Crippen molar-refractivity contribution in [2.45, 2.75) is 26.4 Å². The number of aliphatic hydroxyl groups excluding tert-OH is 3. The SMILES string of the molecule is CC(C)(CO)C(O)C(=O)NCCCO.[O-2].[Zn+2]. The van der Waals surface area contributed by atoms with Gasteiger partial charge in [-0.15, -0.1) is 0 Å². The van der Waals surface area contributed by atoms with E-state index in [9.17, 15) is 9.90 Å². The molecule has 0 aromatic heterocycles. The molecule has 0 rings (SSSR count). The second-order valence-electron chi connectivity index (χ2n) is 3.92. The zero-order valence-corrected chi connectivity index (χ0v) is 12.7. The Morgan fingerprint density at radius 3 is 2.25 bits per heavy atom. The minimum Gasteiger partial charge on any atom is -2.00 e. The summed E-state index contributed by atoms with van der Waals surface area (Å²) in [6, 6.07) is 0. The number of rotatable bonds is 6. The van der Waals surface area contributed by atoms with E-state index >= 15 is 0 Å². The van der Waals surface area contributed by atoms with Gasteiger partial charge in [-0.25, -0.2) is 0 Å². The third-order valence-corrected chi connectivity index (χ3v) is 2.03. The first kappa shape index (κ1) is 21.2. The van der Waals surface area contributed by atoms with E-state index in [1.165, 1.54) is 0 Å². The molecule has 0 saturated heterocycles. The Morgan fingerprint density at radius 1 is 1.38 bits per heavy atom. The van der Waals surface area contributed by atoms with Crippen LogP contribution in [0.3, 0.4) is 0 Å². The van der Waals surface area contributed by atoms with E-state index in [-0.39, 0.29) is 38.2 Å². The molecular weight excluding hydrogens is 267 g/mol. The van der Waals surface area contributed by atoms with E-state index < -0.39 is 17.4 Å². The minimum absolute atomic E-state index is 0. The molecule has 16 heavy (non-hydrogen) atoms. The molecule has 0 aliphatic carbocycles. The molecule has 0 aromatic rings. The predicted octanol–water partition coefficient (Wildman–Crippen LogP) is -1.26. The predicted molar refractivity (Wildman–Crippen MR) is 52.3 cm³/mol. The van der Waals surface area contributed by atoms with Crippen LogP contribution in [0.25, 0.3) is 0 Å². The van der Waals surface area contributed by atoms with Crippen molar-refractivity contribution in [1.82, 2.24) is 5.32 Å². The van der Waals surface area contributed by atoms with Crippen molar-refractivity contribution >= 4 is 5.91 Å². The molecule has 0 spiro atoms. The third kappa shape index (κ3) is 7.25. The van der Waals surface area contributed by atoms with Crippen LogP contribution in [-0.4, -0.2) is 47.1 Å². The van der Waals surface area contributed by atoms with Crippen LogP contribution in [0.1, 0.15) is 20.3 Å². The van der Waals surface area contributed by atoms with E-state index in [2.05, 4.69) is 5.32 Å². The summed E-state index contributed by atoms with van der Waals surface area (Å²) in [6.07, 6.45) is -0.774. The number of carbonyl (C=O) groups is 1. The van der Waals surface area contributed by atoms with Gasteiger partial charge in [0.25, 0.3) is 0 Å². The first-order chi connectivity index (χ1) is 6.45. The van der Waals surface area contributed by atoms with Gasteiger partial charge in [0.2, 0.25) is 5.91 Å². The van der Waals surface area contributed by atoms with Gasteiger partial charge in [0.15, 0.2) is 0 Å². The van der Waals surface area contributed by atoms with Crippen LogP contribution in [0.5, 0.6) is 0 Å². The molecular formula is C9H19NO5Zn. The van der Waals surface area contributed by atoms with Crippen molar-refractivity contribution in [1.29, 1.82) is 0 Å². The van der Waals surface area contributed by atoms with Crippen LogP contribution in [0, 0.1) is 5.41 Å². The van der Waals surface area contributed by atoms with Crippen LogP contribution < -0.4 is 5.32 Å². The number of carbonyl (C=O) groups excluding carboxylic acids is 1. The molecule has 4 N–H and O–H groups in total. The maximum Gasteiger partial charge on any atom is 2.00 e. The largest absolute Gasteiger partial charge is 2.00 e. The Balaban J connectivity index is -0.000000845. The average Bonchev–Trinajstić information content (AvgIpc) is 2.17. The molecule has 0 heterocycles. The van der Waals surface area contributed by atoms with Gasteiger partial charge < -0.3 is 26.1 Å². The van der Waals surface area contributed by atoms with Gasteiger partial charge in [-0.1, -0.05) is 13.8 Å². The maximum absolute atomic E-state index is 11.3. The fourth-order valence-corrected chi connectivity index (χ4v) is 0.829. The second-order valence-corrected chi connectivity index (χ2v) is 3.92. The van der Waals surface area contributed by atoms with Crippen molar-refractivity contribution in [2.24, 2.45) is 5.41 Å². The molecule has 0 fully saturated rings. The summed E-state index contributed by atoms with van der Waals surface area (Å²) in [7, 11) is 0. The molecule has 0 aliphatic rings. The fourth-order valence-electron chi connectivity index (χ4n) is 0.829. The average molecular weight is 287 g/mol. The first-order valence-electron chi connectivity index (χ1n) is 4.63. The normalized spacial score (nSPS) is 12.1. The summed E-state index contributed by atoms with van der Waals surface area (Å²) in [5.74, 6) is -0.516. The Bertz CT molecular complexity index is 189. The Hall–Kier alpha value is -0.0666. The molecule has 1 atom stereocenters. The van der Waals surface area contributed by atoms with Crippen LogP contribution in [0.2, 0.25) is 0 Å². The van der Waals surface area contributed by atoms with Gasteiger partial charge in [-0.05, 0) is 6.42 Å². The van der Waals surface area contributed by atoms with Gasteiger partial charge in [-0.2, -0.15) is 0 Å². The molecule has 0 aromatic carbocycles. The van der Waals surface area contributed by atoms with Gasteiger partial charge >= 0.3 is 19.5 Å². The summed E-state index contributed by atoms with van der Waals surface area (Å²) in [5, 5.41) is 29.3. The van der Waals surface area contributed by atoms with Crippen molar-refractivity contribution < 1.29 is 45.1 Å². The topological polar surface area (TPSA) is 118 Å². The zero-order valence-electron chi connectivity index (χ0n) is 9.77. The summed E-state index contributed by atoms with van der Waals surface area (Å²) in [5.41, 5.74) is -0.844. The molecule has 7 heteroatoms. The van der Waals surface area contributed by atoms with E-state index in [0.717, 1.165) is 0 Å². The first-order valence-corrected chi connectivity index (χ1v) is 4.63. The van der Waals surface area contributed by atoms with E-state index in [0.29, 0.717) is 13.0 Å². The van der Waals surface area contributed by atoms with Gasteiger partial charge in [0.1, 0.15) is 6.10 Å². The molecule has 1 amide bonds. The Kier molecular flexibility index (Phi) is 13.4. The van der Waals surface area contributed by atoms with Crippen molar-refractivity contribution in [3.8, 4) is 0 Å².